The van der Waals surface area contributed by atoms with Crippen LogP contribution in [0, 0.1) is 12.3 Å². The van der Waals surface area contributed by atoms with Gasteiger partial charge in [0.1, 0.15) is 17.8 Å². The van der Waals surface area contributed by atoms with E-state index in [1.165, 1.54) is 0 Å². The highest BCUT2D eigenvalue weighted by Gasteiger charge is 2.38. The summed E-state index contributed by atoms with van der Waals surface area (Å²) in [5.74, 6) is -0.768. The quantitative estimate of drug-likeness (QED) is 0.521. The van der Waals surface area contributed by atoms with E-state index in [0.717, 1.165) is 16.7 Å². The van der Waals surface area contributed by atoms with Crippen molar-refractivity contribution in [1.29, 1.82) is 0 Å². The molecule has 0 bridgehead atoms. The van der Waals surface area contributed by atoms with Crippen LogP contribution in [-0.2, 0) is 19.1 Å². The fraction of sp³-hybridized carbons (Fsp3) is 0.481. The van der Waals surface area contributed by atoms with E-state index >= 15 is 0 Å². The fourth-order valence-corrected chi connectivity index (χ4v) is 3.43. The summed E-state index contributed by atoms with van der Waals surface area (Å²) < 4.78 is 11.8. The lowest BCUT2D eigenvalue weighted by Gasteiger charge is -2.35. The molecule has 0 aromatic heterocycles. The second-order valence-electron chi connectivity index (χ2n) is 9.94. The van der Waals surface area contributed by atoms with Gasteiger partial charge in [0.15, 0.2) is 0 Å². The maximum Gasteiger partial charge on any atom is 0.308 e. The number of nitrogens with one attached hydrogen (secondary N) is 1. The highest BCUT2D eigenvalue weighted by atomic mass is 16.6. The molecule has 1 unspecified atom stereocenters. The van der Waals surface area contributed by atoms with Crippen LogP contribution in [0.15, 0.2) is 54.6 Å². The van der Waals surface area contributed by atoms with E-state index in [1.807, 2.05) is 61.5 Å². The number of hydrogen-bond donors (Lipinski definition) is 2. The summed E-state index contributed by atoms with van der Waals surface area (Å²) in [6, 6.07) is 17.6. The van der Waals surface area contributed by atoms with Crippen molar-refractivity contribution >= 4 is 11.9 Å². The molecular formula is C27H37NO5. The van der Waals surface area contributed by atoms with Crippen LogP contribution in [0.1, 0.15) is 63.8 Å². The molecule has 0 saturated carbocycles. The van der Waals surface area contributed by atoms with Gasteiger partial charge in [-0.3, -0.25) is 9.59 Å². The second kappa shape index (κ2) is 11.4. The Morgan fingerprint density at radius 3 is 2.15 bits per heavy atom. The van der Waals surface area contributed by atoms with Crippen molar-refractivity contribution in [2.45, 2.75) is 65.8 Å². The predicted molar refractivity (Wildman–Crippen MR) is 129 cm³/mol. The summed E-state index contributed by atoms with van der Waals surface area (Å²) in [5.41, 5.74) is 1.46. The molecule has 0 aliphatic carbocycles. The number of amides is 1. The molecule has 2 aromatic rings. The van der Waals surface area contributed by atoms with E-state index in [9.17, 15) is 14.7 Å². The number of aryl methyl sites for hydroxylation is 1. The first-order valence-electron chi connectivity index (χ1n) is 11.3. The van der Waals surface area contributed by atoms with Crippen LogP contribution in [-0.4, -0.2) is 41.8 Å². The average Bonchev–Trinajstić information content (AvgIpc) is 2.74. The van der Waals surface area contributed by atoms with Gasteiger partial charge in [0.25, 0.3) is 0 Å². The molecule has 2 N–H and O–H groups in total. The van der Waals surface area contributed by atoms with Crippen molar-refractivity contribution in [1.82, 2.24) is 5.32 Å². The minimum atomic E-state index is -0.953. The third kappa shape index (κ3) is 7.98. The van der Waals surface area contributed by atoms with Gasteiger partial charge in [0.2, 0.25) is 5.91 Å². The van der Waals surface area contributed by atoms with Crippen LogP contribution in [0.25, 0.3) is 0 Å². The summed E-state index contributed by atoms with van der Waals surface area (Å²) in [6.07, 6.45) is -1.40. The van der Waals surface area contributed by atoms with Crippen LogP contribution in [0.5, 0.6) is 0 Å². The summed E-state index contributed by atoms with van der Waals surface area (Å²) in [4.78, 5) is 25.2. The summed E-state index contributed by atoms with van der Waals surface area (Å²) in [7, 11) is 0. The fourth-order valence-electron chi connectivity index (χ4n) is 3.43. The maximum absolute atomic E-state index is 13.2. The first-order valence-corrected chi connectivity index (χ1v) is 11.3. The largest absolute Gasteiger partial charge is 0.460 e. The van der Waals surface area contributed by atoms with Crippen molar-refractivity contribution in [2.24, 2.45) is 5.41 Å². The number of ether oxygens (including phenoxy) is 2. The van der Waals surface area contributed by atoms with Gasteiger partial charge < -0.3 is 19.9 Å². The van der Waals surface area contributed by atoms with Gasteiger partial charge in [-0.2, -0.15) is 0 Å². The Morgan fingerprint density at radius 2 is 1.58 bits per heavy atom. The van der Waals surface area contributed by atoms with Crippen LogP contribution < -0.4 is 5.32 Å². The Bertz CT molecular complexity index is 918. The standard InChI is InChI=1S/C27H37NO5/c1-19-12-10-11-15-21(19)23(20-13-8-7-9-14-20)32-24(27(5,6)18-29)25(31)28-17-16-22(30)33-26(2,3)4/h7-15,23-24,29H,16-18H2,1-6H3,(H,28,31)/t23?,24-/m0/s1. The monoisotopic (exact) mass is 455 g/mol. The van der Waals surface area contributed by atoms with Crippen LogP contribution in [0.2, 0.25) is 0 Å². The van der Waals surface area contributed by atoms with E-state index in [-0.39, 0.29) is 31.4 Å². The molecule has 0 spiro atoms. The minimum absolute atomic E-state index is 0.0508. The highest BCUT2D eigenvalue weighted by Crippen LogP contribution is 2.34. The van der Waals surface area contributed by atoms with Gasteiger partial charge in [-0.15, -0.1) is 0 Å². The first kappa shape index (κ1) is 26.6. The van der Waals surface area contributed by atoms with E-state index < -0.39 is 23.2 Å². The molecule has 180 valence electrons. The third-order valence-electron chi connectivity index (χ3n) is 5.25. The number of esters is 1. The second-order valence-corrected chi connectivity index (χ2v) is 9.94. The molecule has 0 aliphatic heterocycles. The first-order chi connectivity index (χ1) is 15.4. The van der Waals surface area contributed by atoms with Gasteiger partial charge in [-0.25, -0.2) is 0 Å². The number of aliphatic hydroxyl groups excluding tert-OH is 1. The number of hydrogen-bond acceptors (Lipinski definition) is 5. The lowest BCUT2D eigenvalue weighted by molar-refractivity contribution is -0.155. The average molecular weight is 456 g/mol. The molecule has 2 atom stereocenters. The zero-order chi connectivity index (χ0) is 24.6. The number of rotatable bonds is 10. The molecular weight excluding hydrogens is 418 g/mol. The number of benzene rings is 2. The Labute approximate surface area is 197 Å². The lowest BCUT2D eigenvalue weighted by Crippen LogP contribution is -2.48. The highest BCUT2D eigenvalue weighted by molar-refractivity contribution is 5.82. The molecule has 2 rings (SSSR count). The number of aliphatic hydroxyl groups is 1. The molecule has 6 heteroatoms. The molecule has 0 aliphatic rings. The van der Waals surface area contributed by atoms with Crippen molar-refractivity contribution in [3.63, 3.8) is 0 Å². The van der Waals surface area contributed by atoms with Crippen LogP contribution in [0.3, 0.4) is 0 Å². The summed E-state index contributed by atoms with van der Waals surface area (Å²) >= 11 is 0. The van der Waals surface area contributed by atoms with Crippen LogP contribution >= 0.6 is 0 Å². The molecule has 0 saturated heterocycles. The molecule has 2 aromatic carbocycles. The maximum atomic E-state index is 13.2. The molecule has 1 amide bonds. The third-order valence-corrected chi connectivity index (χ3v) is 5.25. The molecule has 0 radical (unpaired) electrons. The molecule has 0 fully saturated rings. The molecule has 6 nitrogen and oxygen atoms in total. The predicted octanol–water partition coefficient (Wildman–Crippen LogP) is 4.34. The van der Waals surface area contributed by atoms with Gasteiger partial charge in [0.05, 0.1) is 13.0 Å². The zero-order valence-electron chi connectivity index (χ0n) is 20.6. The zero-order valence-corrected chi connectivity index (χ0v) is 20.6. The van der Waals surface area contributed by atoms with Crippen molar-refractivity contribution in [3.05, 3.63) is 71.3 Å². The Morgan fingerprint density at radius 1 is 0.970 bits per heavy atom. The van der Waals surface area contributed by atoms with Crippen LogP contribution in [0.4, 0.5) is 0 Å². The topological polar surface area (TPSA) is 84.9 Å². The van der Waals surface area contributed by atoms with E-state index in [0.29, 0.717) is 0 Å². The Kier molecular flexibility index (Phi) is 9.20. The van der Waals surface area contributed by atoms with Gasteiger partial charge in [0, 0.05) is 12.0 Å². The van der Waals surface area contributed by atoms with Gasteiger partial charge >= 0.3 is 5.97 Å². The van der Waals surface area contributed by atoms with E-state index in [1.54, 1.807) is 34.6 Å². The number of carbonyl (C=O) groups is 2. The van der Waals surface area contributed by atoms with Crippen molar-refractivity contribution < 1.29 is 24.2 Å². The van der Waals surface area contributed by atoms with Gasteiger partial charge in [-0.05, 0) is 44.4 Å². The smallest absolute Gasteiger partial charge is 0.308 e. The Balaban J connectivity index is 2.25. The summed E-state index contributed by atoms with van der Waals surface area (Å²) in [5, 5.41) is 12.8. The van der Waals surface area contributed by atoms with Crippen molar-refractivity contribution in [2.75, 3.05) is 13.2 Å². The Hall–Kier alpha value is -2.70. The van der Waals surface area contributed by atoms with E-state index in [4.69, 9.17) is 9.47 Å². The molecule has 33 heavy (non-hydrogen) atoms. The number of carbonyl (C=O) groups excluding carboxylic acids is 2. The lowest BCUT2D eigenvalue weighted by atomic mass is 9.86. The van der Waals surface area contributed by atoms with E-state index in [2.05, 4.69) is 5.32 Å². The summed E-state index contributed by atoms with van der Waals surface area (Å²) in [6.45, 7) is 10.8. The van der Waals surface area contributed by atoms with Crippen molar-refractivity contribution in [3.8, 4) is 0 Å². The minimum Gasteiger partial charge on any atom is -0.460 e. The molecule has 0 heterocycles. The SMILES string of the molecule is Cc1ccccc1C(O[C@@H](C(=O)NCCC(=O)OC(C)(C)C)C(C)(C)CO)c1ccccc1. The van der Waals surface area contributed by atoms with Gasteiger partial charge in [-0.1, -0.05) is 68.4 Å². The normalized spacial score (nSPS) is 13.8.